The quantitative estimate of drug-likeness (QED) is 0.738. The van der Waals surface area contributed by atoms with E-state index >= 15 is 0 Å². The van der Waals surface area contributed by atoms with Gasteiger partial charge in [0.05, 0.1) is 0 Å². The van der Waals surface area contributed by atoms with Crippen molar-refractivity contribution in [2.75, 3.05) is 20.1 Å². The van der Waals surface area contributed by atoms with Crippen LogP contribution in [0.1, 0.15) is 34.6 Å². The van der Waals surface area contributed by atoms with Crippen LogP contribution in [0.3, 0.4) is 0 Å². The van der Waals surface area contributed by atoms with E-state index in [0.717, 1.165) is 11.8 Å². The van der Waals surface area contributed by atoms with Gasteiger partial charge >= 0.3 is 0 Å². The zero-order chi connectivity index (χ0) is 12.6. The Morgan fingerprint density at radius 2 is 1.88 bits per heavy atom. The Kier molecular flexibility index (Phi) is 7.78. The molecule has 1 N–H and O–H groups in total. The second-order valence-corrected chi connectivity index (χ2v) is 4.24. The molecule has 0 saturated carbocycles. The minimum absolute atomic E-state index is 0.817. The predicted molar refractivity (Wildman–Crippen MR) is 73.2 cm³/mol. The first kappa shape index (κ1) is 15.1. The minimum Gasteiger partial charge on any atom is -0.394 e. The summed E-state index contributed by atoms with van der Waals surface area (Å²) in [6.07, 6.45) is 6.29. The van der Waals surface area contributed by atoms with E-state index in [1.54, 1.807) is 0 Å². The Balaban J connectivity index is 0.00000106. The maximum atomic E-state index is 3.02. The highest BCUT2D eigenvalue weighted by Gasteiger charge is 2.29. The summed E-state index contributed by atoms with van der Waals surface area (Å²) < 4.78 is 0. The van der Waals surface area contributed by atoms with Crippen LogP contribution < -0.4 is 5.32 Å². The third-order valence-electron chi connectivity index (χ3n) is 2.93. The first-order valence-corrected chi connectivity index (χ1v) is 6.44. The summed E-state index contributed by atoms with van der Waals surface area (Å²) in [6.45, 7) is 13.1. The number of hydrogen-bond acceptors (Lipinski definition) is 2. The van der Waals surface area contributed by atoms with Gasteiger partial charge < -0.3 is 10.2 Å². The van der Waals surface area contributed by atoms with Crippen molar-refractivity contribution in [3.8, 4) is 0 Å². The van der Waals surface area contributed by atoms with Crippen LogP contribution in [-0.2, 0) is 0 Å². The van der Waals surface area contributed by atoms with Crippen molar-refractivity contribution < 1.29 is 0 Å². The zero-order valence-corrected chi connectivity index (χ0v) is 11.7. The Labute approximate surface area is 101 Å². The smallest absolute Gasteiger partial charge is 0.0337 e. The van der Waals surface area contributed by atoms with Gasteiger partial charge in [-0.2, -0.15) is 0 Å². The van der Waals surface area contributed by atoms with Crippen molar-refractivity contribution >= 4 is 0 Å². The van der Waals surface area contributed by atoms with Crippen molar-refractivity contribution in [2.24, 2.45) is 11.8 Å². The van der Waals surface area contributed by atoms with E-state index in [4.69, 9.17) is 0 Å². The Morgan fingerprint density at radius 1 is 1.31 bits per heavy atom. The van der Waals surface area contributed by atoms with Gasteiger partial charge in [0.15, 0.2) is 0 Å². The summed E-state index contributed by atoms with van der Waals surface area (Å²) in [7, 11) is 1.93. The van der Waals surface area contributed by atoms with E-state index in [0.29, 0.717) is 0 Å². The zero-order valence-electron chi connectivity index (χ0n) is 11.7. The van der Waals surface area contributed by atoms with Gasteiger partial charge in [0.25, 0.3) is 0 Å². The second kappa shape index (κ2) is 8.26. The molecule has 16 heavy (non-hydrogen) atoms. The molecule has 0 spiro atoms. The van der Waals surface area contributed by atoms with Crippen LogP contribution in [-0.4, -0.2) is 25.0 Å². The van der Waals surface area contributed by atoms with E-state index in [1.807, 2.05) is 27.1 Å². The summed E-state index contributed by atoms with van der Waals surface area (Å²) in [5.74, 6) is 1.70. The molecule has 2 nitrogen and oxygen atoms in total. The highest BCUT2D eigenvalue weighted by molar-refractivity contribution is 5.18. The maximum Gasteiger partial charge on any atom is 0.0337 e. The largest absolute Gasteiger partial charge is 0.394 e. The van der Waals surface area contributed by atoms with E-state index < -0.39 is 0 Å². The average Bonchev–Trinajstić information content (AvgIpc) is 2.23. The molecule has 1 aliphatic rings. The molecule has 0 aromatic rings. The molecule has 1 heterocycles. The Hall–Kier alpha value is -0.920. The monoisotopic (exact) mass is 224 g/mol. The Bertz CT molecular complexity index is 223. The molecule has 0 aromatic heterocycles. The van der Waals surface area contributed by atoms with E-state index in [9.17, 15) is 0 Å². The molecule has 1 aliphatic heterocycles. The van der Waals surface area contributed by atoms with E-state index in [1.165, 1.54) is 18.8 Å². The third kappa shape index (κ3) is 4.30. The van der Waals surface area contributed by atoms with Gasteiger partial charge in [-0.3, -0.25) is 0 Å². The van der Waals surface area contributed by atoms with Crippen LogP contribution in [0.5, 0.6) is 0 Å². The summed E-state index contributed by atoms with van der Waals surface area (Å²) in [5, 5.41) is 3.02. The molecule has 0 radical (unpaired) electrons. The molecule has 0 aromatic carbocycles. The third-order valence-corrected chi connectivity index (χ3v) is 2.93. The molecule has 2 heteroatoms. The van der Waals surface area contributed by atoms with Crippen molar-refractivity contribution in [1.29, 1.82) is 0 Å². The predicted octanol–water partition coefficient (Wildman–Crippen LogP) is 3.24. The minimum atomic E-state index is 0.817. The topological polar surface area (TPSA) is 15.3 Å². The van der Waals surface area contributed by atoms with Crippen LogP contribution >= 0.6 is 0 Å². The molecule has 0 unspecified atom stereocenters. The Morgan fingerprint density at radius 3 is 2.25 bits per heavy atom. The second-order valence-electron chi connectivity index (χ2n) is 4.24. The average molecular weight is 224 g/mol. The number of nitrogens with one attached hydrogen (secondary N) is 1. The maximum absolute atomic E-state index is 3.02. The van der Waals surface area contributed by atoms with Gasteiger partial charge in [0.2, 0.25) is 0 Å². The molecule has 94 valence electrons. The lowest BCUT2D eigenvalue weighted by Crippen LogP contribution is -2.47. The normalized spacial score (nSPS) is 17.2. The van der Waals surface area contributed by atoms with Gasteiger partial charge in [-0.05, 0) is 31.0 Å². The van der Waals surface area contributed by atoms with Gasteiger partial charge in [-0.1, -0.05) is 33.8 Å². The van der Waals surface area contributed by atoms with Crippen molar-refractivity contribution in [1.82, 2.24) is 10.2 Å². The SMILES string of the molecule is C/C=C(\C=C/NC)N1CC(C(C)C)C1.CC. The number of rotatable bonds is 4. The highest BCUT2D eigenvalue weighted by atomic mass is 15.2. The number of hydrogen-bond donors (Lipinski definition) is 1. The van der Waals surface area contributed by atoms with Crippen LogP contribution in [0, 0.1) is 11.8 Å². The molecule has 0 atom stereocenters. The van der Waals surface area contributed by atoms with E-state index in [2.05, 4.69) is 43.1 Å². The molecule has 0 aliphatic carbocycles. The van der Waals surface area contributed by atoms with Crippen LogP contribution in [0.25, 0.3) is 0 Å². The first-order valence-electron chi connectivity index (χ1n) is 6.44. The van der Waals surface area contributed by atoms with Crippen molar-refractivity contribution in [3.63, 3.8) is 0 Å². The standard InChI is InChI=1S/C12H22N2.C2H6/c1-5-12(6-7-13-4)14-8-11(9-14)10(2)3;1-2/h5-7,10-11,13H,8-9H2,1-4H3;1-2H3/b7-6-,12-5+;. The lowest BCUT2D eigenvalue weighted by atomic mass is 9.88. The molecule has 0 amide bonds. The lowest BCUT2D eigenvalue weighted by Gasteiger charge is -2.43. The van der Waals surface area contributed by atoms with Gasteiger partial charge in [0.1, 0.15) is 0 Å². The fraction of sp³-hybridized carbons (Fsp3) is 0.714. The fourth-order valence-electron chi connectivity index (χ4n) is 1.70. The molecule has 0 bridgehead atoms. The number of nitrogens with zero attached hydrogens (tertiary/aromatic N) is 1. The number of allylic oxidation sites excluding steroid dienone is 2. The van der Waals surface area contributed by atoms with Gasteiger partial charge in [-0.15, -0.1) is 0 Å². The van der Waals surface area contributed by atoms with Crippen molar-refractivity contribution in [2.45, 2.75) is 34.6 Å². The molecule has 1 fully saturated rings. The lowest BCUT2D eigenvalue weighted by molar-refractivity contribution is 0.108. The van der Waals surface area contributed by atoms with Gasteiger partial charge in [0, 0.05) is 25.8 Å². The van der Waals surface area contributed by atoms with E-state index in [-0.39, 0.29) is 0 Å². The van der Waals surface area contributed by atoms with Crippen LogP contribution in [0.15, 0.2) is 24.0 Å². The molecular formula is C14H28N2. The fourth-order valence-corrected chi connectivity index (χ4v) is 1.70. The summed E-state index contributed by atoms with van der Waals surface area (Å²) in [4.78, 5) is 2.43. The molecule has 1 saturated heterocycles. The summed E-state index contributed by atoms with van der Waals surface area (Å²) in [6, 6.07) is 0. The van der Waals surface area contributed by atoms with Gasteiger partial charge in [-0.25, -0.2) is 0 Å². The highest BCUT2D eigenvalue weighted by Crippen LogP contribution is 2.27. The van der Waals surface area contributed by atoms with Crippen molar-refractivity contribution in [3.05, 3.63) is 24.0 Å². The molecular weight excluding hydrogens is 196 g/mol. The first-order chi connectivity index (χ1) is 7.69. The number of likely N-dealkylation sites (tertiary alicyclic amines) is 1. The van der Waals surface area contributed by atoms with Crippen LogP contribution in [0.4, 0.5) is 0 Å². The molecule has 1 rings (SSSR count). The van der Waals surface area contributed by atoms with Crippen LogP contribution in [0.2, 0.25) is 0 Å². The summed E-state index contributed by atoms with van der Waals surface area (Å²) >= 11 is 0. The summed E-state index contributed by atoms with van der Waals surface area (Å²) in [5.41, 5.74) is 1.33.